The third-order valence-corrected chi connectivity index (χ3v) is 3.79. The molecule has 0 saturated carbocycles. The van der Waals surface area contributed by atoms with Crippen molar-refractivity contribution in [1.29, 1.82) is 0 Å². The van der Waals surface area contributed by atoms with E-state index in [4.69, 9.17) is 11.2 Å². The highest BCUT2D eigenvalue weighted by atomic mass is 16.5. The second kappa shape index (κ2) is 12.3. The normalized spacial score (nSPS) is 10.3. The molecular weight excluding hydrogens is 256 g/mol. The van der Waals surface area contributed by atoms with Crippen molar-refractivity contribution in [2.45, 2.75) is 71.1 Å². The average Bonchev–Trinajstić information content (AvgIpc) is 2.53. The summed E-state index contributed by atoms with van der Waals surface area (Å²) in [4.78, 5) is 0. The van der Waals surface area contributed by atoms with E-state index >= 15 is 0 Å². The maximum absolute atomic E-state index is 5.71. The second-order valence-corrected chi connectivity index (χ2v) is 5.70. The van der Waals surface area contributed by atoms with Crippen LogP contribution in [0.3, 0.4) is 0 Å². The molecule has 21 heavy (non-hydrogen) atoms. The van der Waals surface area contributed by atoms with Crippen molar-refractivity contribution < 1.29 is 4.74 Å². The van der Waals surface area contributed by atoms with Crippen LogP contribution in [0.2, 0.25) is 0 Å². The van der Waals surface area contributed by atoms with Crippen molar-refractivity contribution in [2.75, 3.05) is 6.61 Å². The lowest BCUT2D eigenvalue weighted by molar-refractivity contribution is 0.304. The van der Waals surface area contributed by atoms with Crippen LogP contribution in [0.1, 0.15) is 76.7 Å². The molecule has 0 fully saturated rings. The number of terminal acetylenes is 1. The Labute approximate surface area is 131 Å². The predicted molar refractivity (Wildman–Crippen MR) is 91.7 cm³/mol. The molecule has 0 amide bonds. The maximum Gasteiger partial charge on any atom is 0.119 e. The molecule has 116 valence electrons. The Bertz CT molecular complexity index is 385. The van der Waals surface area contributed by atoms with Gasteiger partial charge in [-0.3, -0.25) is 0 Å². The first kappa shape index (κ1) is 17.6. The number of rotatable bonds is 12. The lowest BCUT2D eigenvalue weighted by Crippen LogP contribution is -1.97. The minimum absolute atomic E-state index is 0.811. The van der Waals surface area contributed by atoms with E-state index in [-0.39, 0.29) is 0 Å². The van der Waals surface area contributed by atoms with Crippen molar-refractivity contribution in [1.82, 2.24) is 0 Å². The number of unbranched alkanes of at least 4 members (excludes halogenated alkanes) is 9. The topological polar surface area (TPSA) is 9.23 Å². The fraction of sp³-hybridized carbons (Fsp3) is 0.600. The van der Waals surface area contributed by atoms with E-state index in [2.05, 4.69) is 12.8 Å². The van der Waals surface area contributed by atoms with Gasteiger partial charge in [0.2, 0.25) is 0 Å². The van der Waals surface area contributed by atoms with Crippen LogP contribution in [0.5, 0.6) is 5.75 Å². The summed E-state index contributed by atoms with van der Waals surface area (Å²) < 4.78 is 5.71. The van der Waals surface area contributed by atoms with E-state index in [0.717, 1.165) is 24.3 Å². The quantitative estimate of drug-likeness (QED) is 0.340. The zero-order valence-corrected chi connectivity index (χ0v) is 13.6. The summed E-state index contributed by atoms with van der Waals surface area (Å²) in [6, 6.07) is 7.75. The largest absolute Gasteiger partial charge is 0.494 e. The number of hydrogen-bond donors (Lipinski definition) is 0. The Morgan fingerprint density at radius 3 is 1.86 bits per heavy atom. The van der Waals surface area contributed by atoms with Gasteiger partial charge < -0.3 is 4.74 Å². The van der Waals surface area contributed by atoms with E-state index in [1.807, 2.05) is 24.3 Å². The number of ether oxygens (including phenoxy) is 1. The SMILES string of the molecule is C#Cc1ccc(OCCCCCCCCCCCC)cc1. The molecule has 0 N–H and O–H groups in total. The van der Waals surface area contributed by atoms with Crippen LogP contribution < -0.4 is 4.74 Å². The summed E-state index contributed by atoms with van der Waals surface area (Å²) >= 11 is 0. The molecule has 0 radical (unpaired) electrons. The molecule has 0 bridgehead atoms. The van der Waals surface area contributed by atoms with Crippen LogP contribution in [0.4, 0.5) is 0 Å². The van der Waals surface area contributed by atoms with Crippen molar-refractivity contribution in [3.8, 4) is 18.1 Å². The third kappa shape index (κ3) is 9.19. The van der Waals surface area contributed by atoms with Crippen molar-refractivity contribution in [2.24, 2.45) is 0 Å². The molecule has 0 spiro atoms. The molecule has 0 aliphatic rings. The van der Waals surface area contributed by atoms with Crippen LogP contribution in [0.15, 0.2) is 24.3 Å². The molecule has 1 heteroatoms. The summed E-state index contributed by atoms with van der Waals surface area (Å²) in [6.07, 6.45) is 18.9. The first-order valence-electron chi connectivity index (χ1n) is 8.56. The van der Waals surface area contributed by atoms with Gasteiger partial charge in [-0.25, -0.2) is 0 Å². The van der Waals surface area contributed by atoms with Gasteiger partial charge in [-0.1, -0.05) is 70.6 Å². The molecule has 1 aromatic carbocycles. The van der Waals surface area contributed by atoms with E-state index in [0.29, 0.717) is 0 Å². The van der Waals surface area contributed by atoms with Crippen LogP contribution in [0, 0.1) is 12.3 Å². The summed E-state index contributed by atoms with van der Waals surface area (Å²) in [5.41, 5.74) is 0.904. The lowest BCUT2D eigenvalue weighted by Gasteiger charge is -2.06. The Kier molecular flexibility index (Phi) is 10.4. The minimum Gasteiger partial charge on any atom is -0.494 e. The smallest absolute Gasteiger partial charge is 0.119 e. The molecule has 0 unspecified atom stereocenters. The lowest BCUT2D eigenvalue weighted by atomic mass is 10.1. The van der Waals surface area contributed by atoms with Crippen LogP contribution >= 0.6 is 0 Å². The molecule has 0 aliphatic carbocycles. The molecule has 1 nitrogen and oxygen atoms in total. The van der Waals surface area contributed by atoms with Gasteiger partial charge in [-0.15, -0.1) is 6.42 Å². The molecule has 0 heterocycles. The van der Waals surface area contributed by atoms with Crippen LogP contribution in [0.25, 0.3) is 0 Å². The number of benzene rings is 1. The highest BCUT2D eigenvalue weighted by molar-refractivity contribution is 5.36. The van der Waals surface area contributed by atoms with E-state index in [9.17, 15) is 0 Å². The summed E-state index contributed by atoms with van der Waals surface area (Å²) in [5, 5.41) is 0. The molecule has 0 saturated heterocycles. The van der Waals surface area contributed by atoms with E-state index < -0.39 is 0 Å². The van der Waals surface area contributed by atoms with Crippen molar-refractivity contribution in [3.63, 3.8) is 0 Å². The van der Waals surface area contributed by atoms with Gasteiger partial charge in [-0.05, 0) is 30.7 Å². The van der Waals surface area contributed by atoms with Crippen molar-refractivity contribution in [3.05, 3.63) is 29.8 Å². The van der Waals surface area contributed by atoms with Gasteiger partial charge in [0, 0.05) is 5.56 Å². The van der Waals surface area contributed by atoms with Gasteiger partial charge in [-0.2, -0.15) is 0 Å². The highest BCUT2D eigenvalue weighted by Crippen LogP contribution is 2.13. The van der Waals surface area contributed by atoms with Gasteiger partial charge in [0.1, 0.15) is 5.75 Å². The average molecular weight is 286 g/mol. The first-order chi connectivity index (χ1) is 10.4. The Hall–Kier alpha value is -1.42. The Balaban J connectivity index is 1.89. The molecule has 1 rings (SSSR count). The van der Waals surface area contributed by atoms with Gasteiger partial charge in [0.15, 0.2) is 0 Å². The molecule has 0 aromatic heterocycles. The molecule has 0 atom stereocenters. The fourth-order valence-corrected chi connectivity index (χ4v) is 2.43. The maximum atomic E-state index is 5.71. The van der Waals surface area contributed by atoms with E-state index in [1.165, 1.54) is 57.8 Å². The Morgan fingerprint density at radius 2 is 1.33 bits per heavy atom. The predicted octanol–water partition coefficient (Wildman–Crippen LogP) is 5.97. The summed E-state index contributed by atoms with van der Waals surface area (Å²) in [5.74, 6) is 3.53. The third-order valence-electron chi connectivity index (χ3n) is 3.79. The summed E-state index contributed by atoms with van der Waals surface area (Å²) in [6.45, 7) is 3.08. The second-order valence-electron chi connectivity index (χ2n) is 5.70. The van der Waals surface area contributed by atoms with Gasteiger partial charge in [0.25, 0.3) is 0 Å². The van der Waals surface area contributed by atoms with E-state index in [1.54, 1.807) is 0 Å². The first-order valence-corrected chi connectivity index (χ1v) is 8.56. The molecule has 1 aromatic rings. The highest BCUT2D eigenvalue weighted by Gasteiger charge is 1.95. The van der Waals surface area contributed by atoms with Crippen LogP contribution in [-0.2, 0) is 0 Å². The standard InChI is InChI=1S/C20H30O/c1-3-5-6-7-8-9-10-11-12-13-18-21-20-16-14-19(4-2)15-17-20/h2,14-17H,3,5-13,18H2,1H3. The summed E-state index contributed by atoms with van der Waals surface area (Å²) in [7, 11) is 0. The fourth-order valence-electron chi connectivity index (χ4n) is 2.43. The molecular formula is C20H30O. The van der Waals surface area contributed by atoms with Gasteiger partial charge >= 0.3 is 0 Å². The zero-order valence-electron chi connectivity index (χ0n) is 13.6. The minimum atomic E-state index is 0.811. The van der Waals surface area contributed by atoms with Gasteiger partial charge in [0.05, 0.1) is 6.61 Å². The zero-order chi connectivity index (χ0) is 15.2. The van der Waals surface area contributed by atoms with Crippen LogP contribution in [-0.4, -0.2) is 6.61 Å². The Morgan fingerprint density at radius 1 is 0.810 bits per heavy atom. The van der Waals surface area contributed by atoms with Crippen molar-refractivity contribution >= 4 is 0 Å². The monoisotopic (exact) mass is 286 g/mol. The number of hydrogen-bond acceptors (Lipinski definition) is 1. The molecule has 0 aliphatic heterocycles.